The van der Waals surface area contributed by atoms with Gasteiger partial charge < -0.3 is 4.98 Å². The molecule has 0 aliphatic carbocycles. The standard InChI is InChI=1S/C14H16BrNO/c1-8-5-9(15)6-10-11(17)7-12(14(2,3)4)16-13(8)10/h5-7H,1-4H3,(H,16,17). The van der Waals surface area contributed by atoms with Crippen molar-refractivity contribution in [1.29, 1.82) is 0 Å². The highest BCUT2D eigenvalue weighted by molar-refractivity contribution is 9.10. The molecule has 0 saturated carbocycles. The number of aryl methyl sites for hydroxylation is 1. The van der Waals surface area contributed by atoms with E-state index in [0.717, 1.165) is 26.6 Å². The van der Waals surface area contributed by atoms with Crippen LogP contribution in [0.1, 0.15) is 32.0 Å². The minimum Gasteiger partial charge on any atom is -0.358 e. The fraction of sp³-hybridized carbons (Fsp3) is 0.357. The molecule has 0 saturated heterocycles. The van der Waals surface area contributed by atoms with Gasteiger partial charge in [-0.1, -0.05) is 36.7 Å². The van der Waals surface area contributed by atoms with Crippen LogP contribution in [0, 0.1) is 6.92 Å². The van der Waals surface area contributed by atoms with Crippen LogP contribution in [0.15, 0.2) is 27.5 Å². The van der Waals surface area contributed by atoms with Crippen LogP contribution in [-0.4, -0.2) is 4.98 Å². The minimum absolute atomic E-state index is 0.0487. The first-order valence-electron chi connectivity index (χ1n) is 5.63. The van der Waals surface area contributed by atoms with Crippen molar-refractivity contribution < 1.29 is 0 Å². The SMILES string of the molecule is Cc1cc(Br)cc2c(=O)cc(C(C)(C)C)[nH]c12. The zero-order chi connectivity index (χ0) is 12.8. The van der Waals surface area contributed by atoms with E-state index < -0.39 is 0 Å². The van der Waals surface area contributed by atoms with Gasteiger partial charge in [0.1, 0.15) is 0 Å². The molecule has 3 heteroatoms. The molecule has 1 aromatic heterocycles. The number of hydrogen-bond donors (Lipinski definition) is 1. The van der Waals surface area contributed by atoms with Crippen LogP contribution in [0.4, 0.5) is 0 Å². The van der Waals surface area contributed by atoms with Gasteiger partial charge in [-0.2, -0.15) is 0 Å². The second kappa shape index (κ2) is 3.98. The normalized spacial score (nSPS) is 12.1. The van der Waals surface area contributed by atoms with Gasteiger partial charge in [0.05, 0.1) is 5.52 Å². The molecule has 0 amide bonds. The van der Waals surface area contributed by atoms with Crippen LogP contribution in [0.5, 0.6) is 0 Å². The van der Waals surface area contributed by atoms with Crippen molar-refractivity contribution in [2.24, 2.45) is 0 Å². The minimum atomic E-state index is -0.0487. The predicted molar refractivity (Wildman–Crippen MR) is 75.7 cm³/mol. The van der Waals surface area contributed by atoms with Crippen molar-refractivity contribution in [2.45, 2.75) is 33.1 Å². The van der Waals surface area contributed by atoms with E-state index in [1.165, 1.54) is 0 Å². The lowest BCUT2D eigenvalue weighted by atomic mass is 9.91. The fourth-order valence-corrected chi connectivity index (χ4v) is 2.46. The summed E-state index contributed by atoms with van der Waals surface area (Å²) in [5, 5.41) is 0.741. The van der Waals surface area contributed by atoms with Gasteiger partial charge in [-0.15, -0.1) is 0 Å². The maximum atomic E-state index is 12.1. The zero-order valence-corrected chi connectivity index (χ0v) is 12.1. The molecule has 1 N–H and O–H groups in total. The highest BCUT2D eigenvalue weighted by Crippen LogP contribution is 2.24. The third-order valence-corrected chi connectivity index (χ3v) is 3.37. The maximum absolute atomic E-state index is 12.1. The molecule has 0 spiro atoms. The summed E-state index contributed by atoms with van der Waals surface area (Å²) >= 11 is 3.42. The lowest BCUT2D eigenvalue weighted by Gasteiger charge is -2.19. The van der Waals surface area contributed by atoms with Crippen LogP contribution in [0.3, 0.4) is 0 Å². The summed E-state index contributed by atoms with van der Waals surface area (Å²) < 4.78 is 0.941. The van der Waals surface area contributed by atoms with Crippen LogP contribution < -0.4 is 5.43 Å². The number of fused-ring (bicyclic) bond motifs is 1. The van der Waals surface area contributed by atoms with E-state index in [1.807, 2.05) is 19.1 Å². The third kappa shape index (κ3) is 2.29. The number of H-pyrrole nitrogens is 1. The van der Waals surface area contributed by atoms with E-state index in [4.69, 9.17) is 0 Å². The molecule has 1 aromatic carbocycles. The van der Waals surface area contributed by atoms with Crippen LogP contribution in [-0.2, 0) is 5.41 Å². The van der Waals surface area contributed by atoms with Crippen molar-refractivity contribution in [3.05, 3.63) is 44.2 Å². The van der Waals surface area contributed by atoms with Gasteiger partial charge in [0.2, 0.25) is 0 Å². The molecule has 1 heterocycles. The van der Waals surface area contributed by atoms with Crippen molar-refractivity contribution in [3.8, 4) is 0 Å². The van der Waals surface area contributed by atoms with Gasteiger partial charge in [-0.25, -0.2) is 0 Å². The number of aromatic nitrogens is 1. The predicted octanol–water partition coefficient (Wildman–Crippen LogP) is 3.90. The molecule has 0 fully saturated rings. The first-order chi connectivity index (χ1) is 7.79. The average molecular weight is 294 g/mol. The Bertz CT molecular complexity index is 635. The summed E-state index contributed by atoms with van der Waals surface area (Å²) in [4.78, 5) is 15.5. The Balaban J connectivity index is 2.88. The van der Waals surface area contributed by atoms with E-state index in [-0.39, 0.29) is 10.8 Å². The van der Waals surface area contributed by atoms with Crippen LogP contribution in [0.2, 0.25) is 0 Å². The number of nitrogens with one attached hydrogen (secondary N) is 1. The van der Waals surface area contributed by atoms with E-state index in [2.05, 4.69) is 41.7 Å². The summed E-state index contributed by atoms with van der Waals surface area (Å²) in [5.74, 6) is 0. The second-order valence-electron chi connectivity index (χ2n) is 5.44. The molecule has 0 aliphatic heterocycles. The van der Waals surface area contributed by atoms with Gasteiger partial charge in [0.25, 0.3) is 0 Å². The van der Waals surface area contributed by atoms with Crippen LogP contribution in [0.25, 0.3) is 10.9 Å². The van der Waals surface area contributed by atoms with E-state index >= 15 is 0 Å². The topological polar surface area (TPSA) is 32.9 Å². The van der Waals surface area contributed by atoms with Crippen molar-refractivity contribution in [1.82, 2.24) is 4.98 Å². The van der Waals surface area contributed by atoms with Gasteiger partial charge in [-0.05, 0) is 24.6 Å². The molecular formula is C14H16BrNO. The quantitative estimate of drug-likeness (QED) is 0.785. The molecule has 17 heavy (non-hydrogen) atoms. The van der Waals surface area contributed by atoms with Crippen molar-refractivity contribution in [2.75, 3.05) is 0 Å². The third-order valence-electron chi connectivity index (χ3n) is 2.91. The number of halogens is 1. The van der Waals surface area contributed by atoms with E-state index in [9.17, 15) is 4.79 Å². The van der Waals surface area contributed by atoms with Crippen molar-refractivity contribution in [3.63, 3.8) is 0 Å². The zero-order valence-electron chi connectivity index (χ0n) is 10.5. The molecule has 2 rings (SSSR count). The van der Waals surface area contributed by atoms with Gasteiger partial charge in [-0.3, -0.25) is 4.79 Å². The van der Waals surface area contributed by atoms with E-state index in [1.54, 1.807) is 6.07 Å². The number of pyridine rings is 1. The highest BCUT2D eigenvalue weighted by Gasteiger charge is 2.16. The molecule has 2 nitrogen and oxygen atoms in total. The molecule has 0 aliphatic rings. The highest BCUT2D eigenvalue weighted by atomic mass is 79.9. The number of rotatable bonds is 0. The summed E-state index contributed by atoms with van der Waals surface area (Å²) in [6, 6.07) is 5.59. The van der Waals surface area contributed by atoms with Gasteiger partial charge in [0.15, 0.2) is 5.43 Å². The average Bonchev–Trinajstić information content (AvgIpc) is 2.17. The monoisotopic (exact) mass is 293 g/mol. The molecular weight excluding hydrogens is 278 g/mol. The maximum Gasteiger partial charge on any atom is 0.189 e. The first-order valence-corrected chi connectivity index (χ1v) is 6.42. The Hall–Kier alpha value is -1.09. The molecule has 0 unspecified atom stereocenters. The van der Waals surface area contributed by atoms with Gasteiger partial charge >= 0.3 is 0 Å². The molecule has 0 atom stereocenters. The number of aromatic amines is 1. The lowest BCUT2D eigenvalue weighted by Crippen LogP contribution is -2.17. The lowest BCUT2D eigenvalue weighted by molar-refractivity contribution is 0.571. The summed E-state index contributed by atoms with van der Waals surface area (Å²) in [5.41, 5.74) is 3.02. The largest absolute Gasteiger partial charge is 0.358 e. The molecule has 2 aromatic rings. The van der Waals surface area contributed by atoms with Gasteiger partial charge in [0, 0.05) is 27.0 Å². The molecule has 0 bridgehead atoms. The summed E-state index contributed by atoms with van der Waals surface area (Å²) in [6.45, 7) is 8.30. The molecule has 0 radical (unpaired) electrons. The Morgan fingerprint density at radius 1 is 1.18 bits per heavy atom. The Labute approximate surface area is 109 Å². The first kappa shape index (κ1) is 12.4. The number of benzene rings is 1. The Morgan fingerprint density at radius 3 is 2.41 bits per heavy atom. The summed E-state index contributed by atoms with van der Waals surface area (Å²) in [6.07, 6.45) is 0. The summed E-state index contributed by atoms with van der Waals surface area (Å²) in [7, 11) is 0. The van der Waals surface area contributed by atoms with Crippen LogP contribution >= 0.6 is 15.9 Å². The fourth-order valence-electron chi connectivity index (χ4n) is 1.89. The Kier molecular flexibility index (Phi) is 2.90. The van der Waals surface area contributed by atoms with E-state index in [0.29, 0.717) is 0 Å². The molecule has 90 valence electrons. The number of hydrogen-bond acceptors (Lipinski definition) is 1. The van der Waals surface area contributed by atoms with Crippen molar-refractivity contribution >= 4 is 26.8 Å². The Morgan fingerprint density at radius 2 is 1.82 bits per heavy atom. The second-order valence-corrected chi connectivity index (χ2v) is 6.36. The smallest absolute Gasteiger partial charge is 0.189 e.